The summed E-state index contributed by atoms with van der Waals surface area (Å²) in [6.07, 6.45) is 1.25. The molecular weight excluding hydrogens is 160 g/mol. The molecule has 0 aromatic carbocycles. The van der Waals surface area contributed by atoms with Crippen molar-refractivity contribution in [3.8, 4) is 0 Å². The zero-order valence-corrected chi connectivity index (χ0v) is 9.93. The summed E-state index contributed by atoms with van der Waals surface area (Å²) in [4.78, 5) is 2.47. The van der Waals surface area contributed by atoms with Crippen molar-refractivity contribution in [3.05, 3.63) is 0 Å². The number of hydrogen-bond acceptors (Lipinski definition) is 2. The molecule has 0 aliphatic carbocycles. The van der Waals surface area contributed by atoms with Crippen LogP contribution in [0, 0.1) is 0 Å². The third kappa shape index (κ3) is 7.03. The molecule has 0 amide bonds. The first-order valence-corrected chi connectivity index (χ1v) is 5.58. The predicted molar refractivity (Wildman–Crippen MR) is 60.1 cm³/mol. The zero-order chi connectivity index (χ0) is 10.3. The molecule has 0 fully saturated rings. The van der Waals surface area contributed by atoms with E-state index in [0.717, 1.165) is 0 Å². The highest BCUT2D eigenvalue weighted by Crippen LogP contribution is 1.96. The van der Waals surface area contributed by atoms with Crippen molar-refractivity contribution < 1.29 is 0 Å². The van der Waals surface area contributed by atoms with E-state index >= 15 is 0 Å². The third-order valence-electron chi connectivity index (χ3n) is 2.39. The van der Waals surface area contributed by atoms with Crippen LogP contribution in [0.15, 0.2) is 0 Å². The van der Waals surface area contributed by atoms with Gasteiger partial charge in [-0.25, -0.2) is 0 Å². The Morgan fingerprint density at radius 1 is 1.08 bits per heavy atom. The van der Waals surface area contributed by atoms with Crippen molar-refractivity contribution >= 4 is 0 Å². The maximum atomic E-state index is 3.52. The van der Waals surface area contributed by atoms with E-state index in [-0.39, 0.29) is 0 Å². The Morgan fingerprint density at radius 2 is 1.62 bits per heavy atom. The van der Waals surface area contributed by atoms with E-state index in [4.69, 9.17) is 0 Å². The van der Waals surface area contributed by atoms with Crippen molar-refractivity contribution in [2.75, 3.05) is 19.6 Å². The molecule has 13 heavy (non-hydrogen) atoms. The first-order valence-electron chi connectivity index (χ1n) is 5.58. The second kappa shape index (κ2) is 7.34. The Bertz CT molecular complexity index is 109. The molecule has 0 heterocycles. The summed E-state index contributed by atoms with van der Waals surface area (Å²) >= 11 is 0. The van der Waals surface area contributed by atoms with Crippen LogP contribution in [0.3, 0.4) is 0 Å². The lowest BCUT2D eigenvalue weighted by molar-refractivity contribution is 0.281. The van der Waals surface area contributed by atoms with Crippen molar-refractivity contribution in [1.29, 1.82) is 0 Å². The molecule has 0 rings (SSSR count). The van der Waals surface area contributed by atoms with E-state index in [1.165, 1.54) is 26.1 Å². The van der Waals surface area contributed by atoms with Gasteiger partial charge in [0.25, 0.3) is 0 Å². The molecule has 0 radical (unpaired) electrons. The van der Waals surface area contributed by atoms with Gasteiger partial charge >= 0.3 is 0 Å². The van der Waals surface area contributed by atoms with Gasteiger partial charge in [-0.3, -0.25) is 0 Å². The van der Waals surface area contributed by atoms with Crippen LogP contribution in [0.4, 0.5) is 0 Å². The molecule has 0 aromatic rings. The SMILES string of the molecule is CCN(CC)CCC(C)NC(C)C. The monoisotopic (exact) mass is 186 g/mol. The van der Waals surface area contributed by atoms with E-state index in [2.05, 4.69) is 44.8 Å². The highest BCUT2D eigenvalue weighted by molar-refractivity contribution is 4.66. The van der Waals surface area contributed by atoms with E-state index in [0.29, 0.717) is 12.1 Å². The number of nitrogens with one attached hydrogen (secondary N) is 1. The van der Waals surface area contributed by atoms with Crippen LogP contribution in [-0.4, -0.2) is 36.6 Å². The Kier molecular flexibility index (Phi) is 7.29. The summed E-state index contributed by atoms with van der Waals surface area (Å²) < 4.78 is 0. The zero-order valence-electron chi connectivity index (χ0n) is 9.93. The minimum atomic E-state index is 0.603. The van der Waals surface area contributed by atoms with Gasteiger partial charge in [0.15, 0.2) is 0 Å². The average molecular weight is 186 g/mol. The summed E-state index contributed by atoms with van der Waals surface area (Å²) in [5.74, 6) is 0. The van der Waals surface area contributed by atoms with Crippen LogP contribution in [0.5, 0.6) is 0 Å². The van der Waals surface area contributed by atoms with Crippen LogP contribution >= 0.6 is 0 Å². The molecule has 80 valence electrons. The van der Waals surface area contributed by atoms with Crippen LogP contribution in [0.2, 0.25) is 0 Å². The Morgan fingerprint density at radius 3 is 2.00 bits per heavy atom. The fourth-order valence-corrected chi connectivity index (χ4v) is 1.57. The number of rotatable bonds is 7. The normalized spacial score (nSPS) is 14.1. The maximum Gasteiger partial charge on any atom is 0.00532 e. The quantitative estimate of drug-likeness (QED) is 0.655. The van der Waals surface area contributed by atoms with Gasteiger partial charge in [0.2, 0.25) is 0 Å². The molecule has 0 spiro atoms. The molecule has 0 bridgehead atoms. The number of nitrogens with zero attached hydrogens (tertiary/aromatic N) is 1. The highest BCUT2D eigenvalue weighted by atomic mass is 15.1. The fourth-order valence-electron chi connectivity index (χ4n) is 1.57. The van der Waals surface area contributed by atoms with Crippen molar-refractivity contribution in [1.82, 2.24) is 10.2 Å². The molecule has 1 unspecified atom stereocenters. The highest BCUT2D eigenvalue weighted by Gasteiger charge is 2.05. The minimum absolute atomic E-state index is 0.603. The lowest BCUT2D eigenvalue weighted by atomic mass is 10.2. The van der Waals surface area contributed by atoms with Crippen LogP contribution < -0.4 is 5.32 Å². The first-order chi connectivity index (χ1) is 6.10. The van der Waals surface area contributed by atoms with Crippen LogP contribution in [0.1, 0.15) is 41.0 Å². The van der Waals surface area contributed by atoms with Crippen molar-refractivity contribution in [2.24, 2.45) is 0 Å². The summed E-state index contributed by atoms with van der Waals surface area (Å²) in [7, 11) is 0. The first kappa shape index (κ1) is 12.9. The van der Waals surface area contributed by atoms with Gasteiger partial charge in [-0.15, -0.1) is 0 Å². The molecular formula is C11H26N2. The molecule has 0 aliphatic heterocycles. The van der Waals surface area contributed by atoms with Crippen LogP contribution in [0.25, 0.3) is 0 Å². The summed E-state index contributed by atoms with van der Waals surface area (Å²) in [5.41, 5.74) is 0. The molecule has 0 saturated carbocycles. The van der Waals surface area contributed by atoms with Crippen molar-refractivity contribution in [3.63, 3.8) is 0 Å². The Balaban J connectivity index is 3.49. The van der Waals surface area contributed by atoms with Crippen LogP contribution in [-0.2, 0) is 0 Å². The van der Waals surface area contributed by atoms with Gasteiger partial charge in [0.05, 0.1) is 0 Å². The fraction of sp³-hybridized carbons (Fsp3) is 1.00. The molecule has 1 N–H and O–H groups in total. The molecule has 2 heteroatoms. The summed E-state index contributed by atoms with van der Waals surface area (Å²) in [5, 5.41) is 3.52. The Labute approximate surface area is 83.7 Å². The molecule has 0 aromatic heterocycles. The van der Waals surface area contributed by atoms with Gasteiger partial charge in [-0.2, -0.15) is 0 Å². The van der Waals surface area contributed by atoms with Gasteiger partial charge < -0.3 is 10.2 Å². The molecule has 0 saturated heterocycles. The molecule has 1 atom stereocenters. The van der Waals surface area contributed by atoms with E-state index in [1.54, 1.807) is 0 Å². The Hall–Kier alpha value is -0.0800. The summed E-state index contributed by atoms with van der Waals surface area (Å²) in [6.45, 7) is 14.7. The lowest BCUT2D eigenvalue weighted by Gasteiger charge is -2.22. The van der Waals surface area contributed by atoms with Gasteiger partial charge in [0.1, 0.15) is 0 Å². The van der Waals surface area contributed by atoms with E-state index in [9.17, 15) is 0 Å². The smallest absolute Gasteiger partial charge is 0.00532 e. The summed E-state index contributed by atoms with van der Waals surface area (Å²) in [6, 6.07) is 1.24. The molecule has 0 aliphatic rings. The van der Waals surface area contributed by atoms with Gasteiger partial charge in [-0.05, 0) is 33.0 Å². The van der Waals surface area contributed by atoms with E-state index in [1.807, 2.05) is 0 Å². The lowest BCUT2D eigenvalue weighted by Crippen LogP contribution is -2.36. The predicted octanol–water partition coefficient (Wildman–Crippen LogP) is 2.10. The van der Waals surface area contributed by atoms with Gasteiger partial charge in [-0.1, -0.05) is 27.7 Å². The van der Waals surface area contributed by atoms with E-state index < -0.39 is 0 Å². The average Bonchev–Trinajstić information content (AvgIpc) is 2.05. The maximum absolute atomic E-state index is 3.52. The molecule has 2 nitrogen and oxygen atoms in total. The van der Waals surface area contributed by atoms with Crippen molar-refractivity contribution in [2.45, 2.75) is 53.1 Å². The largest absolute Gasteiger partial charge is 0.312 e. The topological polar surface area (TPSA) is 15.3 Å². The third-order valence-corrected chi connectivity index (χ3v) is 2.39. The second-order valence-corrected chi connectivity index (χ2v) is 4.04. The van der Waals surface area contributed by atoms with Gasteiger partial charge in [0, 0.05) is 12.1 Å². The minimum Gasteiger partial charge on any atom is -0.312 e. The second-order valence-electron chi connectivity index (χ2n) is 4.04. The standard InChI is InChI=1S/C11H26N2/c1-6-13(7-2)9-8-11(5)12-10(3)4/h10-12H,6-9H2,1-5H3. The number of hydrogen-bond donors (Lipinski definition) is 1.